The molecule has 1 fully saturated rings. The normalized spacial score (nSPS) is 19.4. The molecular formula is C19H24FN3O2S. The van der Waals surface area contributed by atoms with Gasteiger partial charge in [0.25, 0.3) is 5.91 Å². The zero-order chi connectivity index (χ0) is 18.9. The third-order valence-electron chi connectivity index (χ3n) is 4.81. The summed E-state index contributed by atoms with van der Waals surface area (Å²) in [6, 6.07) is 5.94. The number of hydrogen-bond acceptors (Lipinski definition) is 5. The highest BCUT2D eigenvalue weighted by Gasteiger charge is 2.36. The third kappa shape index (κ3) is 4.04. The summed E-state index contributed by atoms with van der Waals surface area (Å²) in [5.41, 5.74) is 6.78. The summed E-state index contributed by atoms with van der Waals surface area (Å²) in [6.45, 7) is 7.60. The van der Waals surface area contributed by atoms with Crippen LogP contribution in [0.2, 0.25) is 0 Å². The predicted octanol–water partition coefficient (Wildman–Crippen LogP) is 3.37. The molecule has 1 atom stereocenters. The fourth-order valence-corrected chi connectivity index (χ4v) is 4.02. The molecule has 1 aliphatic heterocycles. The molecule has 1 unspecified atom stereocenters. The lowest BCUT2D eigenvalue weighted by atomic mass is 9.79. The minimum Gasteiger partial charge on any atom is -0.486 e. The van der Waals surface area contributed by atoms with Crippen molar-refractivity contribution in [3.63, 3.8) is 0 Å². The number of halogens is 1. The lowest BCUT2D eigenvalue weighted by molar-refractivity contribution is 0.0536. The Balaban J connectivity index is 1.67. The second kappa shape index (κ2) is 7.32. The van der Waals surface area contributed by atoms with Gasteiger partial charge in [-0.3, -0.25) is 4.79 Å². The van der Waals surface area contributed by atoms with Crippen molar-refractivity contribution in [2.75, 3.05) is 13.1 Å². The molecule has 1 saturated heterocycles. The molecule has 26 heavy (non-hydrogen) atoms. The van der Waals surface area contributed by atoms with Gasteiger partial charge < -0.3 is 15.4 Å². The Kier molecular flexibility index (Phi) is 5.29. The molecule has 0 spiro atoms. The van der Waals surface area contributed by atoms with Crippen LogP contribution in [-0.2, 0) is 6.61 Å². The van der Waals surface area contributed by atoms with Crippen molar-refractivity contribution in [3.8, 4) is 5.75 Å². The maximum absolute atomic E-state index is 12.9. The van der Waals surface area contributed by atoms with Crippen molar-refractivity contribution >= 4 is 17.2 Å². The number of carbonyl (C=O) groups is 1. The average Bonchev–Trinajstić information content (AvgIpc) is 2.97. The van der Waals surface area contributed by atoms with Crippen molar-refractivity contribution in [2.24, 2.45) is 11.1 Å². The van der Waals surface area contributed by atoms with Gasteiger partial charge in [-0.25, -0.2) is 9.37 Å². The minimum atomic E-state index is -0.306. The number of ether oxygens (including phenoxy) is 1. The van der Waals surface area contributed by atoms with Crippen molar-refractivity contribution in [1.82, 2.24) is 9.88 Å². The number of piperidine rings is 1. The maximum atomic E-state index is 12.9. The molecule has 0 bridgehead atoms. The Hall–Kier alpha value is -1.99. The van der Waals surface area contributed by atoms with Gasteiger partial charge in [0.2, 0.25) is 0 Å². The number of hydrogen-bond donors (Lipinski definition) is 1. The van der Waals surface area contributed by atoms with Gasteiger partial charge in [-0.15, -0.1) is 11.3 Å². The first-order chi connectivity index (χ1) is 12.3. The highest BCUT2D eigenvalue weighted by Crippen LogP contribution is 2.30. The topological polar surface area (TPSA) is 68.5 Å². The standard InChI is InChI=1S/C19H24FN3O2S/c1-12-17(18(24)23-9-8-15(21)19(2,3)11-23)26-16(22-12)10-25-14-6-4-13(20)5-7-14/h4-7,15H,8-11,21H2,1-3H3. The number of carbonyl (C=O) groups excluding carboxylic acids is 1. The van der Waals surface area contributed by atoms with E-state index in [-0.39, 0.29) is 29.8 Å². The van der Waals surface area contributed by atoms with E-state index in [1.54, 1.807) is 12.1 Å². The number of rotatable bonds is 4. The molecule has 2 aromatic rings. The number of amides is 1. The van der Waals surface area contributed by atoms with Gasteiger partial charge in [0, 0.05) is 19.1 Å². The number of nitrogens with two attached hydrogens (primary N) is 1. The Morgan fingerprint density at radius 2 is 2.12 bits per heavy atom. The van der Waals surface area contributed by atoms with Crippen molar-refractivity contribution in [1.29, 1.82) is 0 Å². The van der Waals surface area contributed by atoms with E-state index in [1.165, 1.54) is 23.5 Å². The van der Waals surface area contributed by atoms with E-state index in [2.05, 4.69) is 18.8 Å². The second-order valence-corrected chi connectivity index (χ2v) is 8.46. The quantitative estimate of drug-likeness (QED) is 0.887. The fourth-order valence-electron chi connectivity index (χ4n) is 3.08. The Morgan fingerprint density at radius 3 is 2.77 bits per heavy atom. The molecule has 3 rings (SSSR count). The van der Waals surface area contributed by atoms with E-state index >= 15 is 0 Å². The van der Waals surface area contributed by atoms with Crippen LogP contribution in [0.1, 0.15) is 40.6 Å². The Morgan fingerprint density at radius 1 is 1.42 bits per heavy atom. The van der Waals surface area contributed by atoms with Gasteiger partial charge in [-0.1, -0.05) is 13.8 Å². The molecule has 0 saturated carbocycles. The highest BCUT2D eigenvalue weighted by molar-refractivity contribution is 7.13. The molecule has 1 amide bonds. The molecule has 1 aliphatic rings. The highest BCUT2D eigenvalue weighted by atomic mass is 32.1. The van der Waals surface area contributed by atoms with Crippen LogP contribution in [-0.4, -0.2) is 34.9 Å². The molecule has 2 N–H and O–H groups in total. The van der Waals surface area contributed by atoms with Crippen LogP contribution in [0.25, 0.3) is 0 Å². The van der Waals surface area contributed by atoms with Crippen LogP contribution in [0.4, 0.5) is 4.39 Å². The molecule has 140 valence electrons. The molecule has 0 radical (unpaired) electrons. The first-order valence-electron chi connectivity index (χ1n) is 8.66. The first kappa shape index (κ1) is 18.8. The van der Waals surface area contributed by atoms with Gasteiger partial charge in [-0.05, 0) is 43.0 Å². The lowest BCUT2D eigenvalue weighted by Gasteiger charge is -2.42. The monoisotopic (exact) mass is 377 g/mol. The predicted molar refractivity (Wildman–Crippen MR) is 99.9 cm³/mol. The van der Waals surface area contributed by atoms with Crippen LogP contribution in [0, 0.1) is 18.2 Å². The molecular weight excluding hydrogens is 353 g/mol. The van der Waals surface area contributed by atoms with E-state index in [0.29, 0.717) is 29.4 Å². The smallest absolute Gasteiger partial charge is 0.265 e. The molecule has 2 heterocycles. The number of thiazole rings is 1. The number of aromatic nitrogens is 1. The van der Waals surface area contributed by atoms with E-state index < -0.39 is 0 Å². The maximum Gasteiger partial charge on any atom is 0.265 e. The van der Waals surface area contributed by atoms with Gasteiger partial charge in [-0.2, -0.15) is 0 Å². The van der Waals surface area contributed by atoms with E-state index in [0.717, 1.165) is 11.4 Å². The SMILES string of the molecule is Cc1nc(COc2ccc(F)cc2)sc1C(=O)N1CCC(N)C(C)(C)C1. The summed E-state index contributed by atoms with van der Waals surface area (Å²) < 4.78 is 18.6. The van der Waals surface area contributed by atoms with Crippen molar-refractivity contribution in [3.05, 3.63) is 45.7 Å². The van der Waals surface area contributed by atoms with E-state index in [9.17, 15) is 9.18 Å². The minimum absolute atomic E-state index is 0.00741. The number of nitrogens with zero attached hydrogens (tertiary/aromatic N) is 2. The largest absolute Gasteiger partial charge is 0.486 e. The molecule has 7 heteroatoms. The molecule has 1 aromatic carbocycles. The summed E-state index contributed by atoms with van der Waals surface area (Å²) in [7, 11) is 0. The van der Waals surface area contributed by atoms with Crippen LogP contribution < -0.4 is 10.5 Å². The van der Waals surface area contributed by atoms with E-state index in [4.69, 9.17) is 10.5 Å². The molecule has 1 aromatic heterocycles. The number of aryl methyl sites for hydroxylation is 1. The van der Waals surface area contributed by atoms with Gasteiger partial charge in [0.1, 0.15) is 28.1 Å². The molecule has 0 aliphatic carbocycles. The first-order valence-corrected chi connectivity index (χ1v) is 9.47. The van der Waals surface area contributed by atoms with Crippen LogP contribution in [0.5, 0.6) is 5.75 Å². The summed E-state index contributed by atoms with van der Waals surface area (Å²) in [6.07, 6.45) is 0.803. The van der Waals surface area contributed by atoms with Crippen LogP contribution >= 0.6 is 11.3 Å². The molecule has 5 nitrogen and oxygen atoms in total. The van der Waals surface area contributed by atoms with E-state index in [1.807, 2.05) is 11.8 Å². The lowest BCUT2D eigenvalue weighted by Crippen LogP contribution is -2.53. The average molecular weight is 377 g/mol. The summed E-state index contributed by atoms with van der Waals surface area (Å²) >= 11 is 1.35. The zero-order valence-electron chi connectivity index (χ0n) is 15.3. The Bertz CT molecular complexity index is 789. The van der Waals surface area contributed by atoms with Crippen LogP contribution in [0.15, 0.2) is 24.3 Å². The third-order valence-corrected chi connectivity index (χ3v) is 5.93. The zero-order valence-corrected chi connectivity index (χ0v) is 16.1. The fraction of sp³-hybridized carbons (Fsp3) is 0.474. The number of likely N-dealkylation sites (tertiary alicyclic amines) is 1. The van der Waals surface area contributed by atoms with Gasteiger partial charge in [0.05, 0.1) is 5.69 Å². The van der Waals surface area contributed by atoms with Gasteiger partial charge in [0.15, 0.2) is 0 Å². The number of benzene rings is 1. The van der Waals surface area contributed by atoms with Gasteiger partial charge >= 0.3 is 0 Å². The summed E-state index contributed by atoms with van der Waals surface area (Å²) in [4.78, 5) is 19.9. The second-order valence-electron chi connectivity index (χ2n) is 7.38. The van der Waals surface area contributed by atoms with Crippen LogP contribution in [0.3, 0.4) is 0 Å². The summed E-state index contributed by atoms with van der Waals surface area (Å²) in [5.74, 6) is 0.270. The summed E-state index contributed by atoms with van der Waals surface area (Å²) in [5, 5.41) is 0.725. The van der Waals surface area contributed by atoms with Crippen molar-refractivity contribution in [2.45, 2.75) is 39.8 Å². The Labute approximate surface area is 157 Å². The van der Waals surface area contributed by atoms with Crippen molar-refractivity contribution < 1.29 is 13.9 Å².